The molecule has 3 heterocycles. The summed E-state index contributed by atoms with van der Waals surface area (Å²) >= 11 is 0. The standard InChI is InChI=1S/C21H13F4N5/c1-29-3-2-20(28-29)30-10-12(6-19(30)11-4-13(22)7-14(23)5-11)21-26-17-8-15(24)16(25)9-18(17)27-21/h2-10H,1H3,(H,26,27). The van der Waals surface area contributed by atoms with Crippen LogP contribution in [0, 0.1) is 23.3 Å². The Balaban J connectivity index is 1.71. The summed E-state index contributed by atoms with van der Waals surface area (Å²) in [6.07, 6.45) is 3.42. The SMILES string of the molecule is Cn1ccc(-n2cc(-c3nc4cc(F)c(F)cc4[nH]3)cc2-c2cc(F)cc(F)c2)n1. The summed E-state index contributed by atoms with van der Waals surface area (Å²) in [4.78, 5) is 7.26. The number of nitrogens with one attached hydrogen (secondary N) is 1. The van der Waals surface area contributed by atoms with Crippen LogP contribution in [0.4, 0.5) is 17.6 Å². The van der Waals surface area contributed by atoms with Crippen molar-refractivity contribution in [2.75, 3.05) is 0 Å². The van der Waals surface area contributed by atoms with Gasteiger partial charge in [-0.25, -0.2) is 22.5 Å². The van der Waals surface area contributed by atoms with Crippen molar-refractivity contribution in [1.82, 2.24) is 24.3 Å². The molecule has 0 saturated carbocycles. The summed E-state index contributed by atoms with van der Waals surface area (Å²) < 4.78 is 58.0. The van der Waals surface area contributed by atoms with Crippen molar-refractivity contribution in [2.24, 2.45) is 7.05 Å². The lowest BCUT2D eigenvalue weighted by molar-refractivity contribution is 0.510. The summed E-state index contributed by atoms with van der Waals surface area (Å²) in [5.74, 6) is -2.54. The van der Waals surface area contributed by atoms with Crippen LogP contribution in [-0.4, -0.2) is 24.3 Å². The first-order chi connectivity index (χ1) is 14.4. The molecule has 0 spiro atoms. The van der Waals surface area contributed by atoms with Gasteiger partial charge in [-0.2, -0.15) is 5.10 Å². The molecule has 150 valence electrons. The molecule has 2 aromatic carbocycles. The Kier molecular flexibility index (Phi) is 3.99. The van der Waals surface area contributed by atoms with Gasteiger partial charge in [-0.3, -0.25) is 9.25 Å². The average molecular weight is 411 g/mol. The number of hydrogen-bond acceptors (Lipinski definition) is 2. The van der Waals surface area contributed by atoms with Gasteiger partial charge >= 0.3 is 0 Å². The van der Waals surface area contributed by atoms with Crippen molar-refractivity contribution < 1.29 is 17.6 Å². The number of rotatable bonds is 3. The topological polar surface area (TPSA) is 51.4 Å². The summed E-state index contributed by atoms with van der Waals surface area (Å²) in [7, 11) is 1.75. The summed E-state index contributed by atoms with van der Waals surface area (Å²) in [5.41, 5.74) is 1.91. The van der Waals surface area contributed by atoms with E-state index in [9.17, 15) is 17.6 Å². The Bertz CT molecular complexity index is 1350. The number of H-pyrrole nitrogens is 1. The van der Waals surface area contributed by atoms with Gasteiger partial charge in [-0.1, -0.05) is 0 Å². The fourth-order valence-corrected chi connectivity index (χ4v) is 3.38. The molecule has 3 aromatic heterocycles. The molecule has 0 unspecified atom stereocenters. The Hall–Kier alpha value is -3.88. The molecule has 0 fully saturated rings. The van der Waals surface area contributed by atoms with Gasteiger partial charge in [0.15, 0.2) is 17.5 Å². The van der Waals surface area contributed by atoms with Gasteiger partial charge in [0.05, 0.1) is 16.7 Å². The number of halogens is 4. The number of hydrogen-bond donors (Lipinski definition) is 1. The normalized spacial score (nSPS) is 11.5. The maximum atomic E-state index is 13.8. The quantitative estimate of drug-likeness (QED) is 0.426. The second-order valence-corrected chi connectivity index (χ2v) is 6.86. The number of aromatic amines is 1. The van der Waals surface area contributed by atoms with Gasteiger partial charge < -0.3 is 4.98 Å². The number of benzene rings is 2. The first-order valence-corrected chi connectivity index (χ1v) is 8.91. The van der Waals surface area contributed by atoms with E-state index in [0.29, 0.717) is 34.0 Å². The van der Waals surface area contributed by atoms with E-state index >= 15 is 0 Å². The minimum absolute atomic E-state index is 0.257. The lowest BCUT2D eigenvalue weighted by Gasteiger charge is -2.06. The zero-order valence-electron chi connectivity index (χ0n) is 15.5. The maximum Gasteiger partial charge on any atom is 0.161 e. The van der Waals surface area contributed by atoms with Gasteiger partial charge in [-0.15, -0.1) is 0 Å². The smallest absolute Gasteiger partial charge is 0.161 e. The third-order valence-corrected chi connectivity index (χ3v) is 4.72. The first-order valence-electron chi connectivity index (χ1n) is 8.91. The predicted molar refractivity (Wildman–Crippen MR) is 103 cm³/mol. The predicted octanol–water partition coefficient (Wildman–Crippen LogP) is 4.98. The molecule has 0 aliphatic heterocycles. The van der Waals surface area contributed by atoms with Crippen molar-refractivity contribution in [2.45, 2.75) is 0 Å². The van der Waals surface area contributed by atoms with E-state index in [2.05, 4.69) is 15.1 Å². The fourth-order valence-electron chi connectivity index (χ4n) is 3.38. The first kappa shape index (κ1) is 18.2. The molecule has 0 radical (unpaired) electrons. The van der Waals surface area contributed by atoms with Crippen LogP contribution in [0.15, 0.2) is 54.9 Å². The minimum Gasteiger partial charge on any atom is -0.338 e. The molecule has 5 nitrogen and oxygen atoms in total. The van der Waals surface area contributed by atoms with Crippen molar-refractivity contribution in [3.8, 4) is 28.5 Å². The molecule has 30 heavy (non-hydrogen) atoms. The minimum atomic E-state index is -0.998. The molecule has 5 rings (SSSR count). The van der Waals surface area contributed by atoms with Gasteiger partial charge in [-0.05, 0) is 18.2 Å². The molecule has 5 aromatic rings. The van der Waals surface area contributed by atoms with E-state index in [1.54, 1.807) is 40.8 Å². The molecule has 1 N–H and O–H groups in total. The van der Waals surface area contributed by atoms with Crippen LogP contribution in [-0.2, 0) is 7.05 Å². The van der Waals surface area contributed by atoms with Crippen molar-refractivity contribution in [3.63, 3.8) is 0 Å². The number of imidazole rings is 1. The van der Waals surface area contributed by atoms with E-state index in [0.717, 1.165) is 18.2 Å². The summed E-state index contributed by atoms with van der Waals surface area (Å²) in [5, 5.41) is 4.35. The molecule has 0 amide bonds. The van der Waals surface area contributed by atoms with Gasteiger partial charge in [0.25, 0.3) is 0 Å². The Morgan fingerprint density at radius 3 is 2.30 bits per heavy atom. The number of fused-ring (bicyclic) bond motifs is 1. The van der Waals surface area contributed by atoms with Crippen molar-refractivity contribution in [3.05, 3.63) is 78.1 Å². The monoisotopic (exact) mass is 411 g/mol. The number of nitrogens with zero attached hydrogens (tertiary/aromatic N) is 4. The van der Waals surface area contributed by atoms with Gasteiger partial charge in [0.2, 0.25) is 0 Å². The third-order valence-electron chi connectivity index (χ3n) is 4.72. The van der Waals surface area contributed by atoms with E-state index in [1.807, 2.05) is 0 Å². The highest BCUT2D eigenvalue weighted by atomic mass is 19.2. The lowest BCUT2D eigenvalue weighted by atomic mass is 10.1. The molecular weight excluding hydrogens is 398 g/mol. The average Bonchev–Trinajstić information content (AvgIpc) is 3.39. The van der Waals surface area contributed by atoms with Crippen molar-refractivity contribution in [1.29, 1.82) is 0 Å². The fraction of sp³-hybridized carbons (Fsp3) is 0.0476. The van der Waals surface area contributed by atoms with Crippen LogP contribution in [0.25, 0.3) is 39.5 Å². The molecular formula is C21H13F4N5. The summed E-state index contributed by atoms with van der Waals surface area (Å²) in [6, 6.07) is 8.67. The Morgan fingerprint density at radius 1 is 0.867 bits per heavy atom. The van der Waals surface area contributed by atoms with Crippen LogP contribution in [0.2, 0.25) is 0 Å². The molecule has 0 bridgehead atoms. The second-order valence-electron chi connectivity index (χ2n) is 6.86. The second kappa shape index (κ2) is 6.58. The van der Waals surface area contributed by atoms with E-state index in [4.69, 9.17) is 0 Å². The van der Waals surface area contributed by atoms with Crippen LogP contribution in [0.1, 0.15) is 0 Å². The van der Waals surface area contributed by atoms with E-state index in [-0.39, 0.29) is 5.52 Å². The molecule has 0 aliphatic carbocycles. The van der Waals surface area contributed by atoms with Crippen LogP contribution < -0.4 is 0 Å². The van der Waals surface area contributed by atoms with Crippen molar-refractivity contribution >= 4 is 11.0 Å². The number of aryl methyl sites for hydroxylation is 1. The third kappa shape index (κ3) is 3.04. The highest BCUT2D eigenvalue weighted by molar-refractivity contribution is 5.81. The van der Waals surface area contributed by atoms with Gasteiger partial charge in [0, 0.05) is 54.8 Å². The molecule has 0 saturated heterocycles. The van der Waals surface area contributed by atoms with Crippen LogP contribution in [0.5, 0.6) is 0 Å². The Labute approximate surface area is 167 Å². The van der Waals surface area contributed by atoms with Crippen LogP contribution in [0.3, 0.4) is 0 Å². The highest BCUT2D eigenvalue weighted by Crippen LogP contribution is 2.31. The van der Waals surface area contributed by atoms with Gasteiger partial charge in [0.1, 0.15) is 17.5 Å². The van der Waals surface area contributed by atoms with E-state index < -0.39 is 23.3 Å². The number of aromatic nitrogens is 5. The zero-order chi connectivity index (χ0) is 21.0. The van der Waals surface area contributed by atoms with E-state index in [1.165, 1.54) is 12.1 Å². The maximum absolute atomic E-state index is 13.8. The molecule has 9 heteroatoms. The highest BCUT2D eigenvalue weighted by Gasteiger charge is 2.17. The van der Waals surface area contributed by atoms with Crippen LogP contribution >= 0.6 is 0 Å². The lowest BCUT2D eigenvalue weighted by Crippen LogP contribution is -1.98. The molecule has 0 atom stereocenters. The Morgan fingerprint density at radius 2 is 1.60 bits per heavy atom. The summed E-state index contributed by atoms with van der Waals surface area (Å²) in [6.45, 7) is 0. The molecule has 0 aliphatic rings. The largest absolute Gasteiger partial charge is 0.338 e. The zero-order valence-corrected chi connectivity index (χ0v) is 15.5.